The van der Waals surface area contributed by atoms with Gasteiger partial charge in [-0.05, 0) is 18.1 Å². The van der Waals surface area contributed by atoms with E-state index >= 15 is 0 Å². The maximum absolute atomic E-state index is 10.8. The fourth-order valence-electron chi connectivity index (χ4n) is 2.17. The number of rotatable bonds is 3. The molecule has 0 spiro atoms. The van der Waals surface area contributed by atoms with Crippen molar-refractivity contribution in [3.8, 4) is 0 Å². The van der Waals surface area contributed by atoms with E-state index in [0.717, 1.165) is 17.4 Å². The molecule has 1 amide bonds. The molecule has 0 radical (unpaired) electrons. The molecule has 0 saturated carbocycles. The highest BCUT2D eigenvalue weighted by Gasteiger charge is 2.07. The van der Waals surface area contributed by atoms with Gasteiger partial charge in [0.2, 0.25) is 5.91 Å². The number of para-hydroxylation sites is 1. The van der Waals surface area contributed by atoms with Crippen molar-refractivity contribution in [1.29, 1.82) is 0 Å². The highest BCUT2D eigenvalue weighted by atomic mass is 16.1. The van der Waals surface area contributed by atoms with Crippen LogP contribution in [0.2, 0.25) is 0 Å². The average Bonchev–Trinajstić information content (AvgIpc) is 2.64. The average molecular weight is 228 g/mol. The lowest BCUT2D eigenvalue weighted by atomic mass is 10.1. The minimum absolute atomic E-state index is 0.423. The summed E-state index contributed by atoms with van der Waals surface area (Å²) in [5.41, 5.74) is 8.67. The molecule has 0 atom stereocenters. The van der Waals surface area contributed by atoms with E-state index in [1.165, 1.54) is 17.2 Å². The van der Waals surface area contributed by atoms with Gasteiger partial charge in [0.05, 0.1) is 5.52 Å². The van der Waals surface area contributed by atoms with E-state index in [1.54, 1.807) is 6.08 Å². The van der Waals surface area contributed by atoms with Crippen LogP contribution in [0.3, 0.4) is 0 Å². The third-order valence-electron chi connectivity index (χ3n) is 2.92. The smallest absolute Gasteiger partial charge is 0.241 e. The van der Waals surface area contributed by atoms with Crippen LogP contribution in [0.1, 0.15) is 18.1 Å². The molecule has 0 fully saturated rings. The van der Waals surface area contributed by atoms with Gasteiger partial charge in [-0.1, -0.05) is 25.1 Å². The molecule has 1 aromatic heterocycles. The summed E-state index contributed by atoms with van der Waals surface area (Å²) in [6.45, 7) is 2.14. The van der Waals surface area contributed by atoms with E-state index < -0.39 is 5.91 Å². The molecule has 3 heteroatoms. The Morgan fingerprint density at radius 1 is 1.47 bits per heavy atom. The van der Waals surface area contributed by atoms with Crippen molar-refractivity contribution in [3.05, 3.63) is 41.6 Å². The summed E-state index contributed by atoms with van der Waals surface area (Å²) in [5, 5.41) is 1.16. The molecule has 17 heavy (non-hydrogen) atoms. The van der Waals surface area contributed by atoms with Gasteiger partial charge in [0.1, 0.15) is 0 Å². The van der Waals surface area contributed by atoms with E-state index in [4.69, 9.17) is 5.73 Å². The van der Waals surface area contributed by atoms with Crippen LogP contribution in [0, 0.1) is 0 Å². The van der Waals surface area contributed by atoms with Crippen LogP contribution in [-0.2, 0) is 18.3 Å². The van der Waals surface area contributed by atoms with Gasteiger partial charge < -0.3 is 10.3 Å². The van der Waals surface area contributed by atoms with Crippen LogP contribution < -0.4 is 5.73 Å². The monoisotopic (exact) mass is 228 g/mol. The third kappa shape index (κ3) is 2.09. The van der Waals surface area contributed by atoms with Crippen molar-refractivity contribution >= 4 is 22.9 Å². The number of primary amides is 1. The maximum atomic E-state index is 10.8. The number of nitrogens with zero attached hydrogens (tertiary/aromatic N) is 1. The van der Waals surface area contributed by atoms with Crippen molar-refractivity contribution in [2.75, 3.05) is 0 Å². The van der Waals surface area contributed by atoms with Gasteiger partial charge in [0.15, 0.2) is 0 Å². The van der Waals surface area contributed by atoms with Crippen molar-refractivity contribution < 1.29 is 4.79 Å². The van der Waals surface area contributed by atoms with Gasteiger partial charge in [-0.3, -0.25) is 4.79 Å². The normalized spacial score (nSPS) is 11.4. The number of hydrogen-bond donors (Lipinski definition) is 1. The highest BCUT2D eigenvalue weighted by Crippen LogP contribution is 2.25. The minimum Gasteiger partial charge on any atom is -0.366 e. The van der Waals surface area contributed by atoms with Gasteiger partial charge in [0.25, 0.3) is 0 Å². The van der Waals surface area contributed by atoms with Gasteiger partial charge in [0, 0.05) is 30.3 Å². The predicted octanol–water partition coefficient (Wildman–Crippen LogP) is 2.24. The lowest BCUT2D eigenvalue weighted by molar-refractivity contribution is -0.113. The fourth-order valence-corrected chi connectivity index (χ4v) is 2.17. The topological polar surface area (TPSA) is 48.0 Å². The zero-order valence-corrected chi connectivity index (χ0v) is 10.1. The number of fused-ring (bicyclic) bond motifs is 1. The molecule has 2 rings (SSSR count). The predicted molar refractivity (Wildman–Crippen MR) is 70.5 cm³/mol. The van der Waals surface area contributed by atoms with Crippen molar-refractivity contribution in [3.63, 3.8) is 0 Å². The number of nitrogens with two attached hydrogens (primary N) is 1. The van der Waals surface area contributed by atoms with E-state index in [-0.39, 0.29) is 0 Å². The minimum atomic E-state index is -0.423. The first-order valence-corrected chi connectivity index (χ1v) is 5.68. The SMILES string of the molecule is CCc1cccc2c(/C=C\C(N)=O)cn(C)c12. The Balaban J connectivity index is 2.64. The van der Waals surface area contributed by atoms with Crippen LogP contribution in [-0.4, -0.2) is 10.5 Å². The number of aromatic nitrogens is 1. The molecule has 2 N–H and O–H groups in total. The summed E-state index contributed by atoms with van der Waals surface area (Å²) in [6, 6.07) is 6.24. The zero-order valence-electron chi connectivity index (χ0n) is 10.1. The number of hydrogen-bond acceptors (Lipinski definition) is 1. The summed E-state index contributed by atoms with van der Waals surface area (Å²) in [6.07, 6.45) is 6.18. The molecular weight excluding hydrogens is 212 g/mol. The van der Waals surface area contributed by atoms with E-state index in [1.807, 2.05) is 19.3 Å². The molecule has 3 nitrogen and oxygen atoms in total. The standard InChI is InChI=1S/C14H16N2O/c1-3-10-5-4-6-12-11(7-8-13(15)17)9-16(2)14(10)12/h4-9H,3H2,1-2H3,(H2,15,17)/b8-7-. The molecular formula is C14H16N2O. The van der Waals surface area contributed by atoms with E-state index in [2.05, 4.69) is 23.6 Å². The number of benzene rings is 1. The third-order valence-corrected chi connectivity index (χ3v) is 2.92. The summed E-state index contributed by atoms with van der Waals surface area (Å²) >= 11 is 0. The fraction of sp³-hybridized carbons (Fsp3) is 0.214. The van der Waals surface area contributed by atoms with Crippen LogP contribution in [0.25, 0.3) is 17.0 Å². The second-order valence-electron chi connectivity index (χ2n) is 4.10. The van der Waals surface area contributed by atoms with Gasteiger partial charge in [-0.15, -0.1) is 0 Å². The molecule has 0 aliphatic rings. The van der Waals surface area contributed by atoms with Crippen molar-refractivity contribution in [1.82, 2.24) is 4.57 Å². The first-order chi connectivity index (χ1) is 8.13. The lowest BCUT2D eigenvalue weighted by Gasteiger charge is -2.02. The zero-order chi connectivity index (χ0) is 12.4. The van der Waals surface area contributed by atoms with E-state index in [0.29, 0.717) is 0 Å². The van der Waals surface area contributed by atoms with Gasteiger partial charge in [-0.25, -0.2) is 0 Å². The largest absolute Gasteiger partial charge is 0.366 e. The van der Waals surface area contributed by atoms with E-state index in [9.17, 15) is 4.79 Å². The molecule has 88 valence electrons. The van der Waals surface area contributed by atoms with Gasteiger partial charge in [-0.2, -0.15) is 0 Å². The Kier molecular flexibility index (Phi) is 3.00. The second-order valence-corrected chi connectivity index (χ2v) is 4.10. The number of amides is 1. The Bertz CT molecular complexity index is 594. The second kappa shape index (κ2) is 4.45. The first kappa shape index (κ1) is 11.5. The molecule has 2 aromatic rings. The maximum Gasteiger partial charge on any atom is 0.241 e. The Labute approximate surface area is 101 Å². The van der Waals surface area contributed by atoms with Crippen molar-refractivity contribution in [2.24, 2.45) is 12.8 Å². The van der Waals surface area contributed by atoms with Crippen LogP contribution in [0.4, 0.5) is 0 Å². The summed E-state index contributed by atoms with van der Waals surface area (Å²) in [5.74, 6) is -0.423. The van der Waals surface area contributed by atoms with Gasteiger partial charge >= 0.3 is 0 Å². The number of carbonyl (C=O) groups is 1. The van der Waals surface area contributed by atoms with Crippen LogP contribution in [0.5, 0.6) is 0 Å². The summed E-state index contributed by atoms with van der Waals surface area (Å²) in [4.78, 5) is 10.8. The Morgan fingerprint density at radius 3 is 2.88 bits per heavy atom. The Morgan fingerprint density at radius 2 is 2.24 bits per heavy atom. The molecule has 1 aromatic carbocycles. The molecule has 0 saturated heterocycles. The lowest BCUT2D eigenvalue weighted by Crippen LogP contribution is -2.04. The molecule has 1 heterocycles. The number of carbonyl (C=O) groups excluding carboxylic acids is 1. The van der Waals surface area contributed by atoms with Crippen LogP contribution in [0.15, 0.2) is 30.5 Å². The summed E-state index contributed by atoms with van der Waals surface area (Å²) < 4.78 is 2.09. The molecule has 0 bridgehead atoms. The molecule has 0 unspecified atom stereocenters. The highest BCUT2D eigenvalue weighted by molar-refractivity contribution is 5.96. The summed E-state index contributed by atoms with van der Waals surface area (Å²) in [7, 11) is 2.02. The molecule has 0 aliphatic heterocycles. The number of aryl methyl sites for hydroxylation is 2. The first-order valence-electron chi connectivity index (χ1n) is 5.68. The van der Waals surface area contributed by atoms with Crippen molar-refractivity contribution in [2.45, 2.75) is 13.3 Å². The van der Waals surface area contributed by atoms with Crippen LogP contribution >= 0.6 is 0 Å². The molecule has 0 aliphatic carbocycles. The Hall–Kier alpha value is -2.03. The quantitative estimate of drug-likeness (QED) is 0.805.